The molecule has 1 aromatic carbocycles. The molecule has 100 valence electrons. The third-order valence-electron chi connectivity index (χ3n) is 3.00. The molecule has 1 rings (SSSR count). The van der Waals surface area contributed by atoms with Crippen LogP contribution >= 0.6 is 0 Å². The first-order valence-electron chi connectivity index (χ1n) is 5.86. The molecular formula is C14H21NO3. The smallest absolute Gasteiger partial charge is 0.325 e. The lowest BCUT2D eigenvalue weighted by atomic mass is 9.83. The molecule has 1 atom stereocenters. The summed E-state index contributed by atoms with van der Waals surface area (Å²) in [5.74, 6) is -0.472. The van der Waals surface area contributed by atoms with E-state index in [1.54, 1.807) is 7.11 Å². The monoisotopic (exact) mass is 251 g/mol. The minimum absolute atomic E-state index is 0.133. The van der Waals surface area contributed by atoms with E-state index in [9.17, 15) is 4.79 Å². The van der Waals surface area contributed by atoms with Gasteiger partial charge in [0.1, 0.15) is 11.8 Å². The largest absolute Gasteiger partial charge is 0.496 e. The summed E-state index contributed by atoms with van der Waals surface area (Å²) in [5.41, 5.74) is 7.96. The van der Waals surface area contributed by atoms with E-state index in [-0.39, 0.29) is 5.41 Å². The van der Waals surface area contributed by atoms with Crippen molar-refractivity contribution in [2.45, 2.75) is 39.2 Å². The van der Waals surface area contributed by atoms with Crippen molar-refractivity contribution >= 4 is 5.97 Å². The van der Waals surface area contributed by atoms with Crippen LogP contribution in [0.4, 0.5) is 0 Å². The number of methoxy groups -OCH3 is 1. The number of aryl methyl sites for hydroxylation is 1. The van der Waals surface area contributed by atoms with Gasteiger partial charge in [0.2, 0.25) is 0 Å². The fraction of sp³-hybridized carbons (Fsp3) is 0.500. The molecule has 0 bridgehead atoms. The molecule has 3 N–H and O–H groups in total. The molecule has 4 nitrogen and oxygen atoms in total. The molecule has 4 heteroatoms. The maximum Gasteiger partial charge on any atom is 0.325 e. The molecule has 0 aromatic heterocycles. The highest BCUT2D eigenvalue weighted by atomic mass is 16.5. The zero-order chi connectivity index (χ0) is 14.1. The third kappa shape index (κ3) is 2.64. The predicted molar refractivity (Wildman–Crippen MR) is 71.0 cm³/mol. The Labute approximate surface area is 108 Å². The predicted octanol–water partition coefficient (Wildman–Crippen LogP) is 2.39. The molecule has 1 unspecified atom stereocenters. The fourth-order valence-electron chi connectivity index (χ4n) is 2.02. The molecule has 0 saturated heterocycles. The van der Waals surface area contributed by atoms with E-state index < -0.39 is 12.0 Å². The van der Waals surface area contributed by atoms with Crippen molar-refractivity contribution < 1.29 is 14.6 Å². The van der Waals surface area contributed by atoms with E-state index in [1.165, 1.54) is 0 Å². The molecule has 0 fully saturated rings. The number of ether oxygens (including phenoxy) is 1. The minimum atomic E-state index is -1.07. The Morgan fingerprint density at radius 3 is 2.33 bits per heavy atom. The Kier molecular flexibility index (Phi) is 4.02. The minimum Gasteiger partial charge on any atom is -0.496 e. The molecule has 18 heavy (non-hydrogen) atoms. The topological polar surface area (TPSA) is 72.5 Å². The molecule has 0 heterocycles. The molecule has 1 aromatic rings. The summed E-state index contributed by atoms with van der Waals surface area (Å²) in [4.78, 5) is 11.1. The van der Waals surface area contributed by atoms with Crippen molar-refractivity contribution in [1.82, 2.24) is 0 Å². The van der Waals surface area contributed by atoms with Crippen LogP contribution in [0.15, 0.2) is 12.1 Å². The van der Waals surface area contributed by atoms with Gasteiger partial charge < -0.3 is 15.6 Å². The SMILES string of the molecule is COc1c(C(C)(C)C)ccc(C)c1C(N)C(=O)O. The van der Waals surface area contributed by atoms with Gasteiger partial charge in [-0.05, 0) is 23.5 Å². The fourth-order valence-corrected chi connectivity index (χ4v) is 2.02. The normalized spacial score (nSPS) is 13.2. The maximum atomic E-state index is 11.1. The number of nitrogens with two attached hydrogens (primary N) is 1. The molecule has 0 saturated carbocycles. The van der Waals surface area contributed by atoms with Gasteiger partial charge in [-0.3, -0.25) is 4.79 Å². The van der Waals surface area contributed by atoms with E-state index in [0.29, 0.717) is 11.3 Å². The summed E-state index contributed by atoms with van der Waals surface area (Å²) in [5, 5.41) is 9.09. The van der Waals surface area contributed by atoms with Crippen molar-refractivity contribution in [3.05, 3.63) is 28.8 Å². The zero-order valence-corrected chi connectivity index (χ0v) is 11.6. The van der Waals surface area contributed by atoms with Crippen molar-refractivity contribution in [1.29, 1.82) is 0 Å². The Morgan fingerprint density at radius 1 is 1.39 bits per heavy atom. The number of benzene rings is 1. The quantitative estimate of drug-likeness (QED) is 0.865. The summed E-state index contributed by atoms with van der Waals surface area (Å²) < 4.78 is 5.41. The van der Waals surface area contributed by atoms with Gasteiger partial charge in [0.15, 0.2) is 0 Å². The number of carboxylic acid groups (broad SMARTS) is 1. The summed E-state index contributed by atoms with van der Waals surface area (Å²) in [6.45, 7) is 8.00. The second-order valence-corrected chi connectivity index (χ2v) is 5.44. The molecule has 0 radical (unpaired) electrons. The van der Waals surface area contributed by atoms with Gasteiger partial charge >= 0.3 is 5.97 Å². The number of carbonyl (C=O) groups is 1. The van der Waals surface area contributed by atoms with Gasteiger partial charge in [-0.15, -0.1) is 0 Å². The standard InChI is InChI=1S/C14H21NO3/c1-8-6-7-9(14(2,3)4)12(18-5)10(8)11(15)13(16)17/h6-7,11H,15H2,1-5H3,(H,16,17). The van der Waals surface area contributed by atoms with E-state index in [4.69, 9.17) is 15.6 Å². The lowest BCUT2D eigenvalue weighted by Gasteiger charge is -2.26. The summed E-state index contributed by atoms with van der Waals surface area (Å²) in [6, 6.07) is 2.79. The van der Waals surface area contributed by atoms with Crippen LogP contribution in [0.2, 0.25) is 0 Å². The van der Waals surface area contributed by atoms with Gasteiger partial charge in [-0.2, -0.15) is 0 Å². The van der Waals surface area contributed by atoms with Crippen molar-refractivity contribution in [2.24, 2.45) is 5.73 Å². The van der Waals surface area contributed by atoms with E-state index in [1.807, 2.05) is 19.1 Å². The van der Waals surface area contributed by atoms with Crippen LogP contribution in [0.5, 0.6) is 5.75 Å². The molecule has 0 aliphatic carbocycles. The average Bonchev–Trinajstić information content (AvgIpc) is 2.25. The summed E-state index contributed by atoms with van der Waals surface area (Å²) in [6.07, 6.45) is 0. The first-order chi connectivity index (χ1) is 8.20. The van der Waals surface area contributed by atoms with E-state index in [0.717, 1.165) is 11.1 Å². The van der Waals surface area contributed by atoms with E-state index >= 15 is 0 Å². The van der Waals surface area contributed by atoms with Gasteiger partial charge in [0.05, 0.1) is 7.11 Å². The van der Waals surface area contributed by atoms with Crippen LogP contribution in [-0.4, -0.2) is 18.2 Å². The molecule has 0 spiro atoms. The first kappa shape index (κ1) is 14.5. The highest BCUT2D eigenvalue weighted by molar-refractivity contribution is 5.77. The van der Waals surface area contributed by atoms with Crippen LogP contribution in [0.25, 0.3) is 0 Å². The molecule has 0 aliphatic heterocycles. The second kappa shape index (κ2) is 4.98. The van der Waals surface area contributed by atoms with Gasteiger partial charge in [-0.1, -0.05) is 32.9 Å². The Hall–Kier alpha value is -1.55. The van der Waals surface area contributed by atoms with Crippen LogP contribution in [0, 0.1) is 6.92 Å². The average molecular weight is 251 g/mol. The van der Waals surface area contributed by atoms with Crippen molar-refractivity contribution in [2.75, 3.05) is 7.11 Å². The van der Waals surface area contributed by atoms with Crippen LogP contribution < -0.4 is 10.5 Å². The Balaban J connectivity index is 3.54. The number of hydrogen-bond donors (Lipinski definition) is 2. The number of hydrogen-bond acceptors (Lipinski definition) is 3. The Bertz CT molecular complexity index is 461. The Morgan fingerprint density at radius 2 is 1.94 bits per heavy atom. The highest BCUT2D eigenvalue weighted by Gasteiger charge is 2.27. The lowest BCUT2D eigenvalue weighted by Crippen LogP contribution is -2.24. The molecular weight excluding hydrogens is 230 g/mol. The highest BCUT2D eigenvalue weighted by Crippen LogP contribution is 2.37. The molecule has 0 aliphatic rings. The van der Waals surface area contributed by atoms with Crippen LogP contribution in [0.3, 0.4) is 0 Å². The number of carboxylic acids is 1. The zero-order valence-electron chi connectivity index (χ0n) is 11.6. The van der Waals surface area contributed by atoms with Crippen LogP contribution in [-0.2, 0) is 10.2 Å². The van der Waals surface area contributed by atoms with Gasteiger partial charge in [0.25, 0.3) is 0 Å². The van der Waals surface area contributed by atoms with Crippen molar-refractivity contribution in [3.8, 4) is 5.75 Å². The van der Waals surface area contributed by atoms with E-state index in [2.05, 4.69) is 20.8 Å². The molecule has 0 amide bonds. The lowest BCUT2D eigenvalue weighted by molar-refractivity contribution is -0.138. The first-order valence-corrected chi connectivity index (χ1v) is 5.86. The van der Waals surface area contributed by atoms with Crippen LogP contribution in [0.1, 0.15) is 43.5 Å². The third-order valence-corrected chi connectivity index (χ3v) is 3.00. The summed E-state index contributed by atoms with van der Waals surface area (Å²) >= 11 is 0. The number of rotatable bonds is 3. The number of aliphatic carboxylic acids is 1. The van der Waals surface area contributed by atoms with Crippen molar-refractivity contribution in [3.63, 3.8) is 0 Å². The summed E-state index contributed by atoms with van der Waals surface area (Å²) in [7, 11) is 1.54. The maximum absolute atomic E-state index is 11.1. The second-order valence-electron chi connectivity index (χ2n) is 5.44. The van der Waals surface area contributed by atoms with Gasteiger partial charge in [-0.25, -0.2) is 0 Å². The van der Waals surface area contributed by atoms with Gasteiger partial charge in [0, 0.05) is 5.56 Å².